The highest BCUT2D eigenvalue weighted by atomic mass is 35.5. The van der Waals surface area contributed by atoms with E-state index in [9.17, 15) is 22.0 Å². The minimum absolute atomic E-state index is 0.152. The number of rotatable bonds is 6. The summed E-state index contributed by atoms with van der Waals surface area (Å²) in [6, 6.07) is 9.39. The van der Waals surface area contributed by atoms with Gasteiger partial charge in [-0.15, -0.1) is 10.2 Å². The molecular weight excluding hydrogens is 446 g/mol. The number of carbonyl (C=O) groups excluding carboxylic acids is 1. The number of aromatic nitrogens is 2. The number of nitrogens with zero attached hydrogens (tertiary/aromatic N) is 3. The third-order valence-electron chi connectivity index (χ3n) is 3.64. The van der Waals surface area contributed by atoms with Crippen LogP contribution in [0.25, 0.3) is 10.6 Å². The van der Waals surface area contributed by atoms with E-state index in [0.29, 0.717) is 20.4 Å². The molecule has 152 valence electrons. The van der Waals surface area contributed by atoms with E-state index in [1.807, 2.05) is 0 Å². The van der Waals surface area contributed by atoms with E-state index in [-0.39, 0.29) is 10.8 Å². The van der Waals surface area contributed by atoms with Crippen LogP contribution in [-0.4, -0.2) is 37.3 Å². The van der Waals surface area contributed by atoms with Crippen LogP contribution in [0.5, 0.6) is 0 Å². The average Bonchev–Trinajstić information content (AvgIpc) is 3.10. The highest BCUT2D eigenvalue weighted by molar-refractivity contribution is 7.92. The lowest BCUT2D eigenvalue weighted by Crippen LogP contribution is -2.37. The molecule has 1 N–H and O–H groups in total. The van der Waals surface area contributed by atoms with Crippen LogP contribution < -0.4 is 9.62 Å². The Bertz CT molecular complexity index is 1150. The second-order valence-electron chi connectivity index (χ2n) is 5.84. The van der Waals surface area contributed by atoms with Crippen LogP contribution in [0, 0.1) is 11.6 Å². The molecule has 2 aromatic carbocycles. The van der Waals surface area contributed by atoms with Crippen molar-refractivity contribution in [2.75, 3.05) is 22.4 Å². The van der Waals surface area contributed by atoms with E-state index < -0.39 is 34.1 Å². The van der Waals surface area contributed by atoms with Crippen molar-refractivity contribution >= 4 is 49.7 Å². The summed E-state index contributed by atoms with van der Waals surface area (Å²) in [4.78, 5) is 12.3. The maximum atomic E-state index is 13.5. The molecule has 0 radical (unpaired) electrons. The standard InChI is InChI=1S/C17H13ClF2N4O3S2/c1-29(26,27)24(12-6-7-13(19)14(20)8-12)9-15(25)21-17-23-22-16(28-17)10-2-4-11(18)5-3-10/h2-8H,9H2,1H3,(H,21,23,25). The normalized spacial score (nSPS) is 11.3. The Morgan fingerprint density at radius 1 is 1.14 bits per heavy atom. The fourth-order valence-corrected chi connectivity index (χ4v) is 4.05. The van der Waals surface area contributed by atoms with Crippen molar-refractivity contribution in [3.05, 3.63) is 59.1 Å². The number of amides is 1. The van der Waals surface area contributed by atoms with E-state index in [1.165, 1.54) is 0 Å². The van der Waals surface area contributed by atoms with Crippen molar-refractivity contribution < 1.29 is 22.0 Å². The predicted molar refractivity (Wildman–Crippen MR) is 108 cm³/mol. The Morgan fingerprint density at radius 3 is 2.45 bits per heavy atom. The molecule has 0 aliphatic heterocycles. The number of benzene rings is 2. The van der Waals surface area contributed by atoms with Crippen LogP contribution in [0.2, 0.25) is 5.02 Å². The van der Waals surface area contributed by atoms with Gasteiger partial charge in [-0.1, -0.05) is 35.1 Å². The lowest BCUT2D eigenvalue weighted by atomic mass is 10.2. The zero-order valence-corrected chi connectivity index (χ0v) is 17.2. The topological polar surface area (TPSA) is 92.3 Å². The summed E-state index contributed by atoms with van der Waals surface area (Å²) in [5.74, 6) is -3.08. The first-order chi connectivity index (χ1) is 13.6. The van der Waals surface area contributed by atoms with Crippen LogP contribution in [0.3, 0.4) is 0 Å². The Labute approximate surface area is 174 Å². The van der Waals surface area contributed by atoms with Gasteiger partial charge in [-0.3, -0.25) is 14.4 Å². The number of carbonyl (C=O) groups is 1. The molecule has 0 aliphatic carbocycles. The molecule has 0 unspecified atom stereocenters. The number of hydrogen-bond acceptors (Lipinski definition) is 6. The van der Waals surface area contributed by atoms with Gasteiger partial charge in [-0.05, 0) is 24.3 Å². The molecule has 3 aromatic rings. The van der Waals surface area contributed by atoms with Gasteiger partial charge in [-0.25, -0.2) is 17.2 Å². The van der Waals surface area contributed by atoms with Crippen molar-refractivity contribution in [3.8, 4) is 10.6 Å². The van der Waals surface area contributed by atoms with Crippen molar-refractivity contribution in [2.24, 2.45) is 0 Å². The van der Waals surface area contributed by atoms with Crippen LogP contribution >= 0.6 is 22.9 Å². The molecule has 0 aliphatic rings. The van der Waals surface area contributed by atoms with Crippen molar-refractivity contribution in [3.63, 3.8) is 0 Å². The zero-order chi connectivity index (χ0) is 21.2. The monoisotopic (exact) mass is 458 g/mol. The first kappa shape index (κ1) is 21.1. The quantitative estimate of drug-likeness (QED) is 0.610. The van der Waals surface area contributed by atoms with Gasteiger partial charge in [-0.2, -0.15) is 0 Å². The first-order valence-electron chi connectivity index (χ1n) is 7.95. The summed E-state index contributed by atoms with van der Waals surface area (Å²) in [5, 5.41) is 11.5. The van der Waals surface area contributed by atoms with Gasteiger partial charge < -0.3 is 0 Å². The molecule has 0 atom stereocenters. The first-order valence-corrected chi connectivity index (χ1v) is 11.0. The van der Waals surface area contributed by atoms with E-state index in [4.69, 9.17) is 11.6 Å². The van der Waals surface area contributed by atoms with Gasteiger partial charge in [0.1, 0.15) is 11.6 Å². The lowest BCUT2D eigenvalue weighted by Gasteiger charge is -2.21. The largest absolute Gasteiger partial charge is 0.299 e. The van der Waals surface area contributed by atoms with Crippen LogP contribution in [0.1, 0.15) is 0 Å². The molecule has 12 heteroatoms. The predicted octanol–water partition coefficient (Wildman–Crippen LogP) is 3.54. The summed E-state index contributed by atoms with van der Waals surface area (Å²) in [6.07, 6.45) is 0.852. The second-order valence-corrected chi connectivity index (χ2v) is 9.16. The van der Waals surface area contributed by atoms with Gasteiger partial charge in [0, 0.05) is 16.7 Å². The Balaban J connectivity index is 1.75. The number of sulfonamides is 1. The Hall–Kier alpha value is -2.63. The number of anilines is 2. The summed E-state index contributed by atoms with van der Waals surface area (Å²) in [6.45, 7) is -0.653. The molecule has 1 heterocycles. The molecule has 0 spiro atoms. The SMILES string of the molecule is CS(=O)(=O)N(CC(=O)Nc1nnc(-c2ccc(Cl)cc2)s1)c1ccc(F)c(F)c1. The van der Waals surface area contributed by atoms with Crippen molar-refractivity contribution in [1.29, 1.82) is 0 Å². The third kappa shape index (κ3) is 5.25. The summed E-state index contributed by atoms with van der Waals surface area (Å²) < 4.78 is 51.3. The molecule has 29 heavy (non-hydrogen) atoms. The molecule has 1 aromatic heterocycles. The second kappa shape index (κ2) is 8.39. The highest BCUT2D eigenvalue weighted by Gasteiger charge is 2.23. The van der Waals surface area contributed by atoms with Crippen molar-refractivity contribution in [2.45, 2.75) is 0 Å². The molecule has 0 fully saturated rings. The van der Waals surface area contributed by atoms with E-state index in [0.717, 1.165) is 35.3 Å². The van der Waals surface area contributed by atoms with Crippen LogP contribution in [-0.2, 0) is 14.8 Å². The van der Waals surface area contributed by atoms with Gasteiger partial charge in [0.25, 0.3) is 0 Å². The van der Waals surface area contributed by atoms with Crippen LogP contribution in [0.4, 0.5) is 19.6 Å². The lowest BCUT2D eigenvalue weighted by molar-refractivity contribution is -0.114. The fourth-order valence-electron chi connectivity index (χ4n) is 2.31. The summed E-state index contributed by atoms with van der Waals surface area (Å²) in [7, 11) is -3.94. The zero-order valence-electron chi connectivity index (χ0n) is 14.8. The van der Waals surface area contributed by atoms with Gasteiger partial charge in [0.05, 0.1) is 11.9 Å². The molecule has 7 nitrogen and oxygen atoms in total. The number of nitrogens with one attached hydrogen (secondary N) is 1. The Morgan fingerprint density at radius 2 is 1.83 bits per heavy atom. The third-order valence-corrected chi connectivity index (χ3v) is 5.92. The maximum absolute atomic E-state index is 13.5. The van der Waals surface area contributed by atoms with Gasteiger partial charge in [0.15, 0.2) is 11.6 Å². The minimum Gasteiger partial charge on any atom is -0.299 e. The molecule has 0 bridgehead atoms. The molecular formula is C17H13ClF2N4O3S2. The smallest absolute Gasteiger partial charge is 0.246 e. The van der Waals surface area contributed by atoms with Gasteiger partial charge in [0.2, 0.25) is 21.1 Å². The fraction of sp³-hybridized carbons (Fsp3) is 0.118. The highest BCUT2D eigenvalue weighted by Crippen LogP contribution is 2.27. The van der Waals surface area contributed by atoms with Gasteiger partial charge >= 0.3 is 0 Å². The van der Waals surface area contributed by atoms with Crippen LogP contribution in [0.15, 0.2) is 42.5 Å². The number of halogens is 3. The van der Waals surface area contributed by atoms with E-state index in [2.05, 4.69) is 15.5 Å². The van der Waals surface area contributed by atoms with E-state index >= 15 is 0 Å². The number of hydrogen-bond donors (Lipinski definition) is 1. The van der Waals surface area contributed by atoms with E-state index in [1.54, 1.807) is 24.3 Å². The molecule has 0 saturated carbocycles. The summed E-state index contributed by atoms with van der Waals surface area (Å²) >= 11 is 6.92. The average molecular weight is 459 g/mol. The van der Waals surface area contributed by atoms with Crippen molar-refractivity contribution in [1.82, 2.24) is 10.2 Å². The molecule has 3 rings (SSSR count). The molecule has 0 saturated heterocycles. The summed E-state index contributed by atoms with van der Waals surface area (Å²) in [5.41, 5.74) is 0.563. The molecule has 1 amide bonds. The Kier molecular flexibility index (Phi) is 6.10. The minimum atomic E-state index is -3.94. The maximum Gasteiger partial charge on any atom is 0.246 e.